The molecule has 144 valence electrons. The molecule has 1 aromatic rings. The maximum Gasteiger partial charge on any atom is 0.408 e. The van der Waals surface area contributed by atoms with Crippen LogP contribution in [0.15, 0.2) is 30.3 Å². The summed E-state index contributed by atoms with van der Waals surface area (Å²) in [5.41, 5.74) is 0.784. The quantitative estimate of drug-likeness (QED) is 0.591. The van der Waals surface area contributed by atoms with Gasteiger partial charge in [-0.1, -0.05) is 44.2 Å². The number of ether oxygens (including phenoxy) is 2. The van der Waals surface area contributed by atoms with Gasteiger partial charge in [-0.25, -0.2) is 9.59 Å². The molecule has 0 aromatic heterocycles. The molecule has 0 unspecified atom stereocenters. The highest BCUT2D eigenvalue weighted by Crippen LogP contribution is 2.06. The Morgan fingerprint density at radius 1 is 1.04 bits per heavy atom. The Morgan fingerprint density at radius 2 is 1.65 bits per heavy atom. The predicted octanol–water partition coefficient (Wildman–Crippen LogP) is 0.976. The number of hydrogen-bond donors (Lipinski definition) is 3. The number of nitrogens with one attached hydrogen (secondary N) is 2. The van der Waals surface area contributed by atoms with E-state index in [0.717, 1.165) is 5.56 Å². The van der Waals surface area contributed by atoms with Crippen molar-refractivity contribution in [1.29, 1.82) is 0 Å². The molecule has 0 saturated carbocycles. The van der Waals surface area contributed by atoms with Crippen LogP contribution in [0.2, 0.25) is 0 Å². The summed E-state index contributed by atoms with van der Waals surface area (Å²) in [5.74, 6) is -1.55. The number of carbonyl (C=O) groups is 3. The van der Waals surface area contributed by atoms with Crippen molar-refractivity contribution in [2.45, 2.75) is 45.6 Å². The van der Waals surface area contributed by atoms with Gasteiger partial charge in [0.25, 0.3) is 0 Å². The Balaban J connectivity index is 2.67. The van der Waals surface area contributed by atoms with Crippen LogP contribution in [0.1, 0.15) is 26.3 Å². The van der Waals surface area contributed by atoms with Gasteiger partial charge in [-0.2, -0.15) is 0 Å². The van der Waals surface area contributed by atoms with Gasteiger partial charge in [0.05, 0.1) is 13.2 Å². The largest absolute Gasteiger partial charge is 0.467 e. The lowest BCUT2D eigenvalue weighted by molar-refractivity contribution is -0.147. The molecule has 0 spiro atoms. The Labute approximate surface area is 152 Å². The van der Waals surface area contributed by atoms with Gasteiger partial charge >= 0.3 is 12.1 Å². The van der Waals surface area contributed by atoms with Gasteiger partial charge in [-0.3, -0.25) is 4.79 Å². The summed E-state index contributed by atoms with van der Waals surface area (Å²) in [5, 5.41) is 14.6. The van der Waals surface area contributed by atoms with Gasteiger partial charge in [0.15, 0.2) is 0 Å². The van der Waals surface area contributed by atoms with E-state index in [4.69, 9.17) is 4.74 Å². The number of amides is 2. The molecule has 2 amide bonds. The number of aliphatic hydroxyl groups is 1. The molecule has 8 heteroatoms. The van der Waals surface area contributed by atoms with Gasteiger partial charge in [-0.05, 0) is 18.4 Å². The molecule has 0 radical (unpaired) electrons. The average molecular weight is 366 g/mol. The third kappa shape index (κ3) is 6.72. The van der Waals surface area contributed by atoms with Crippen molar-refractivity contribution in [3.63, 3.8) is 0 Å². The molecular formula is C18H26N2O6. The van der Waals surface area contributed by atoms with E-state index in [-0.39, 0.29) is 12.5 Å². The Bertz CT molecular complexity index is 603. The Morgan fingerprint density at radius 3 is 2.15 bits per heavy atom. The lowest BCUT2D eigenvalue weighted by Gasteiger charge is -2.25. The van der Waals surface area contributed by atoms with Crippen LogP contribution in [0.5, 0.6) is 0 Å². The van der Waals surface area contributed by atoms with E-state index in [9.17, 15) is 19.5 Å². The third-order valence-electron chi connectivity index (χ3n) is 3.67. The van der Waals surface area contributed by atoms with E-state index in [2.05, 4.69) is 15.4 Å². The van der Waals surface area contributed by atoms with Gasteiger partial charge in [-0.15, -0.1) is 0 Å². The minimum absolute atomic E-state index is 0.0254. The molecule has 1 aromatic carbocycles. The van der Waals surface area contributed by atoms with Gasteiger partial charge in [0, 0.05) is 0 Å². The number of hydrogen-bond acceptors (Lipinski definition) is 6. The van der Waals surface area contributed by atoms with Crippen LogP contribution in [0.4, 0.5) is 4.79 Å². The van der Waals surface area contributed by atoms with E-state index in [0.29, 0.717) is 0 Å². The van der Waals surface area contributed by atoms with Crippen molar-refractivity contribution < 1.29 is 29.0 Å². The first-order chi connectivity index (χ1) is 12.3. The summed E-state index contributed by atoms with van der Waals surface area (Å²) >= 11 is 0. The summed E-state index contributed by atoms with van der Waals surface area (Å²) < 4.78 is 9.70. The second-order valence-electron chi connectivity index (χ2n) is 6.18. The standard InChI is InChI=1S/C18H26N2O6/c1-11(2)14(17(23)25-4)19-16(22)15(12(3)21)20-18(24)26-10-13-8-6-5-7-9-13/h5-9,11-12,14-15,21H,10H2,1-4H3,(H,19,22)(H,20,24)/t12-,14-,15-/m0/s1. The number of carbonyl (C=O) groups excluding carboxylic acids is 3. The lowest BCUT2D eigenvalue weighted by Crippen LogP contribution is -2.57. The molecule has 3 atom stereocenters. The molecule has 26 heavy (non-hydrogen) atoms. The number of aliphatic hydroxyl groups excluding tert-OH is 1. The van der Waals surface area contributed by atoms with Crippen LogP contribution < -0.4 is 10.6 Å². The first-order valence-corrected chi connectivity index (χ1v) is 8.29. The number of alkyl carbamates (subject to hydrolysis) is 1. The van der Waals surface area contributed by atoms with Crippen LogP contribution in [-0.2, 0) is 25.7 Å². The molecule has 0 saturated heterocycles. The lowest BCUT2D eigenvalue weighted by atomic mass is 10.0. The highest BCUT2D eigenvalue weighted by molar-refractivity contribution is 5.90. The summed E-state index contributed by atoms with van der Waals surface area (Å²) in [6, 6.07) is 6.86. The van der Waals surface area contributed by atoms with Crippen molar-refractivity contribution in [1.82, 2.24) is 10.6 Å². The summed E-state index contributed by atoms with van der Waals surface area (Å²) in [6.07, 6.45) is -2.04. The van der Waals surface area contributed by atoms with E-state index in [1.54, 1.807) is 26.0 Å². The fourth-order valence-electron chi connectivity index (χ4n) is 2.16. The molecule has 0 bridgehead atoms. The normalized spacial score (nSPS) is 14.1. The fraction of sp³-hybridized carbons (Fsp3) is 0.500. The smallest absolute Gasteiger partial charge is 0.408 e. The van der Waals surface area contributed by atoms with Crippen molar-refractivity contribution in [2.24, 2.45) is 5.92 Å². The number of rotatable bonds is 8. The second kappa shape index (κ2) is 10.4. The SMILES string of the molecule is COC(=O)[C@@H](NC(=O)[C@@H](NC(=O)OCc1ccccc1)[C@H](C)O)C(C)C. The molecule has 0 aliphatic rings. The highest BCUT2D eigenvalue weighted by Gasteiger charge is 2.31. The molecule has 8 nitrogen and oxygen atoms in total. The van der Waals surface area contributed by atoms with Crippen LogP contribution in [-0.4, -0.2) is 48.4 Å². The maximum absolute atomic E-state index is 12.4. The number of benzene rings is 1. The first kappa shape index (κ1) is 21.4. The summed E-state index contributed by atoms with van der Waals surface area (Å²) in [7, 11) is 1.22. The van der Waals surface area contributed by atoms with E-state index in [1.165, 1.54) is 14.0 Å². The zero-order valence-electron chi connectivity index (χ0n) is 15.4. The number of esters is 1. The van der Waals surface area contributed by atoms with Gasteiger partial charge < -0.3 is 25.2 Å². The molecule has 0 aliphatic carbocycles. The van der Waals surface area contributed by atoms with E-state index in [1.807, 2.05) is 18.2 Å². The molecule has 0 heterocycles. The summed E-state index contributed by atoms with van der Waals surface area (Å²) in [6.45, 7) is 4.85. The van der Waals surface area contributed by atoms with E-state index >= 15 is 0 Å². The van der Waals surface area contributed by atoms with Crippen LogP contribution >= 0.6 is 0 Å². The Kier molecular flexibility index (Phi) is 8.57. The van der Waals surface area contributed by atoms with E-state index < -0.39 is 36.2 Å². The van der Waals surface area contributed by atoms with Crippen molar-refractivity contribution >= 4 is 18.0 Å². The van der Waals surface area contributed by atoms with Gasteiger partial charge in [0.2, 0.25) is 5.91 Å². The third-order valence-corrected chi connectivity index (χ3v) is 3.67. The first-order valence-electron chi connectivity index (χ1n) is 8.29. The number of methoxy groups -OCH3 is 1. The molecular weight excluding hydrogens is 340 g/mol. The monoisotopic (exact) mass is 366 g/mol. The minimum Gasteiger partial charge on any atom is -0.467 e. The topological polar surface area (TPSA) is 114 Å². The van der Waals surface area contributed by atoms with Crippen LogP contribution in [0.3, 0.4) is 0 Å². The molecule has 3 N–H and O–H groups in total. The minimum atomic E-state index is -1.27. The fourth-order valence-corrected chi connectivity index (χ4v) is 2.16. The second-order valence-corrected chi connectivity index (χ2v) is 6.18. The van der Waals surface area contributed by atoms with Crippen LogP contribution in [0, 0.1) is 5.92 Å². The maximum atomic E-state index is 12.4. The van der Waals surface area contributed by atoms with Crippen molar-refractivity contribution in [2.75, 3.05) is 7.11 Å². The molecule has 1 rings (SSSR count). The highest BCUT2D eigenvalue weighted by atomic mass is 16.5. The zero-order chi connectivity index (χ0) is 19.7. The Hall–Kier alpha value is -2.61. The van der Waals surface area contributed by atoms with Crippen molar-refractivity contribution in [3.8, 4) is 0 Å². The average Bonchev–Trinajstić information content (AvgIpc) is 2.61. The molecule has 0 fully saturated rings. The zero-order valence-corrected chi connectivity index (χ0v) is 15.4. The summed E-state index contributed by atoms with van der Waals surface area (Å²) in [4.78, 5) is 36.1. The van der Waals surface area contributed by atoms with Crippen LogP contribution in [0.25, 0.3) is 0 Å². The molecule has 0 aliphatic heterocycles. The van der Waals surface area contributed by atoms with Gasteiger partial charge in [0.1, 0.15) is 18.7 Å². The predicted molar refractivity (Wildman–Crippen MR) is 94.0 cm³/mol. The van der Waals surface area contributed by atoms with Crippen molar-refractivity contribution in [3.05, 3.63) is 35.9 Å².